The Morgan fingerprint density at radius 3 is 2.44 bits per heavy atom. The van der Waals surface area contributed by atoms with E-state index in [0.29, 0.717) is 17.9 Å². The van der Waals surface area contributed by atoms with Crippen LogP contribution in [0.3, 0.4) is 0 Å². The number of amides is 1. The lowest BCUT2D eigenvalue weighted by Crippen LogP contribution is -2.39. The number of ether oxygens (including phenoxy) is 3. The molecule has 146 valence electrons. The van der Waals surface area contributed by atoms with E-state index in [4.69, 9.17) is 14.2 Å². The predicted molar refractivity (Wildman–Crippen MR) is 107 cm³/mol. The number of aryl methyl sites for hydroxylation is 1. The zero-order chi connectivity index (χ0) is 20.0. The Labute approximate surface area is 161 Å². The Morgan fingerprint density at radius 2 is 1.81 bits per heavy atom. The first-order valence-electron chi connectivity index (χ1n) is 9.16. The number of carbonyl (C=O) groups is 1. The van der Waals surface area contributed by atoms with Crippen LogP contribution in [0.15, 0.2) is 36.4 Å². The van der Waals surface area contributed by atoms with Crippen LogP contribution in [0.5, 0.6) is 17.2 Å². The topological polar surface area (TPSA) is 56.8 Å². The molecule has 5 nitrogen and oxygen atoms in total. The number of hydrogen-bond donors (Lipinski definition) is 1. The highest BCUT2D eigenvalue weighted by atomic mass is 16.5. The van der Waals surface area contributed by atoms with Crippen molar-refractivity contribution in [2.45, 2.75) is 46.3 Å². The van der Waals surface area contributed by atoms with Gasteiger partial charge in [0.15, 0.2) is 6.10 Å². The van der Waals surface area contributed by atoms with Crippen molar-refractivity contribution in [2.75, 3.05) is 14.2 Å². The SMILES string of the molecule is CC[C@@H](Oc1cccc(C)c1C)C(=O)N[C@H](C)c1cc(OC)ccc1OC. The maximum absolute atomic E-state index is 12.8. The van der Waals surface area contributed by atoms with E-state index in [1.165, 1.54) is 0 Å². The van der Waals surface area contributed by atoms with Crippen LogP contribution < -0.4 is 19.5 Å². The fraction of sp³-hybridized carbons (Fsp3) is 0.409. The van der Waals surface area contributed by atoms with Gasteiger partial charge < -0.3 is 19.5 Å². The van der Waals surface area contributed by atoms with Crippen molar-refractivity contribution < 1.29 is 19.0 Å². The first-order chi connectivity index (χ1) is 12.9. The number of benzene rings is 2. The van der Waals surface area contributed by atoms with E-state index < -0.39 is 6.10 Å². The largest absolute Gasteiger partial charge is 0.497 e. The first-order valence-corrected chi connectivity index (χ1v) is 9.16. The Morgan fingerprint density at radius 1 is 1.07 bits per heavy atom. The lowest BCUT2D eigenvalue weighted by Gasteiger charge is -2.23. The molecule has 5 heteroatoms. The molecule has 2 atom stereocenters. The van der Waals surface area contributed by atoms with E-state index in [0.717, 1.165) is 22.4 Å². The van der Waals surface area contributed by atoms with E-state index in [1.807, 2.05) is 64.1 Å². The average Bonchev–Trinajstić information content (AvgIpc) is 2.68. The number of rotatable bonds is 8. The molecule has 0 fully saturated rings. The van der Waals surface area contributed by atoms with Crippen LogP contribution in [0.25, 0.3) is 0 Å². The Kier molecular flexibility index (Phi) is 7.11. The van der Waals surface area contributed by atoms with Crippen molar-refractivity contribution in [1.82, 2.24) is 5.32 Å². The van der Waals surface area contributed by atoms with Crippen molar-refractivity contribution in [3.05, 3.63) is 53.1 Å². The molecule has 0 unspecified atom stereocenters. The van der Waals surface area contributed by atoms with Gasteiger partial charge in [-0.1, -0.05) is 19.1 Å². The van der Waals surface area contributed by atoms with Crippen molar-refractivity contribution in [1.29, 1.82) is 0 Å². The monoisotopic (exact) mass is 371 g/mol. The van der Waals surface area contributed by atoms with Crippen molar-refractivity contribution in [3.63, 3.8) is 0 Å². The molecular weight excluding hydrogens is 342 g/mol. The molecule has 0 aliphatic heterocycles. The quantitative estimate of drug-likeness (QED) is 0.749. The van der Waals surface area contributed by atoms with Gasteiger partial charge >= 0.3 is 0 Å². The van der Waals surface area contributed by atoms with Gasteiger partial charge in [-0.3, -0.25) is 4.79 Å². The summed E-state index contributed by atoms with van der Waals surface area (Å²) in [5, 5.41) is 3.03. The Bertz CT molecular complexity index is 788. The van der Waals surface area contributed by atoms with Gasteiger partial charge in [0.1, 0.15) is 17.2 Å². The molecule has 0 aromatic heterocycles. The molecule has 0 heterocycles. The third-order valence-corrected chi connectivity index (χ3v) is 4.75. The zero-order valence-electron chi connectivity index (χ0n) is 17.0. The fourth-order valence-corrected chi connectivity index (χ4v) is 2.89. The van der Waals surface area contributed by atoms with Crippen LogP contribution in [-0.2, 0) is 4.79 Å². The van der Waals surface area contributed by atoms with Crippen molar-refractivity contribution in [2.24, 2.45) is 0 Å². The molecule has 0 saturated carbocycles. The highest BCUT2D eigenvalue weighted by molar-refractivity contribution is 5.81. The molecule has 2 aromatic rings. The van der Waals surface area contributed by atoms with Crippen LogP contribution in [0.1, 0.15) is 43.0 Å². The summed E-state index contributed by atoms with van der Waals surface area (Å²) in [4.78, 5) is 12.8. The second kappa shape index (κ2) is 9.31. The lowest BCUT2D eigenvalue weighted by atomic mass is 10.1. The number of nitrogens with one attached hydrogen (secondary N) is 1. The van der Waals surface area contributed by atoms with E-state index in [1.54, 1.807) is 14.2 Å². The van der Waals surface area contributed by atoms with E-state index in [9.17, 15) is 4.79 Å². The predicted octanol–water partition coefficient (Wildman–Crippen LogP) is 4.36. The molecule has 1 N–H and O–H groups in total. The highest BCUT2D eigenvalue weighted by Gasteiger charge is 2.23. The van der Waals surface area contributed by atoms with Gasteiger partial charge in [0, 0.05) is 5.56 Å². The van der Waals surface area contributed by atoms with Crippen LogP contribution >= 0.6 is 0 Å². The lowest BCUT2D eigenvalue weighted by molar-refractivity contribution is -0.128. The van der Waals surface area contributed by atoms with Crippen LogP contribution in [0.4, 0.5) is 0 Å². The summed E-state index contributed by atoms with van der Waals surface area (Å²) in [6.45, 7) is 7.88. The molecule has 0 spiro atoms. The van der Waals surface area contributed by atoms with Crippen LogP contribution in [0.2, 0.25) is 0 Å². The molecule has 2 aromatic carbocycles. The second-order valence-corrected chi connectivity index (χ2v) is 6.55. The molecule has 0 aliphatic rings. The van der Waals surface area contributed by atoms with Crippen molar-refractivity contribution in [3.8, 4) is 17.2 Å². The fourth-order valence-electron chi connectivity index (χ4n) is 2.89. The maximum Gasteiger partial charge on any atom is 0.261 e. The smallest absolute Gasteiger partial charge is 0.261 e. The van der Waals surface area contributed by atoms with E-state index in [2.05, 4.69) is 5.32 Å². The van der Waals surface area contributed by atoms with Gasteiger partial charge in [-0.2, -0.15) is 0 Å². The Hall–Kier alpha value is -2.69. The minimum Gasteiger partial charge on any atom is -0.497 e. The summed E-state index contributed by atoms with van der Waals surface area (Å²) in [6.07, 6.45) is 0.00539. The number of carbonyl (C=O) groups excluding carboxylic acids is 1. The third-order valence-electron chi connectivity index (χ3n) is 4.75. The minimum atomic E-state index is -0.565. The molecule has 2 rings (SSSR count). The number of methoxy groups -OCH3 is 2. The second-order valence-electron chi connectivity index (χ2n) is 6.55. The number of hydrogen-bond acceptors (Lipinski definition) is 4. The zero-order valence-corrected chi connectivity index (χ0v) is 17.0. The summed E-state index contributed by atoms with van der Waals surface area (Å²) >= 11 is 0. The molecule has 1 amide bonds. The van der Waals surface area contributed by atoms with Gasteiger partial charge in [0.2, 0.25) is 0 Å². The van der Waals surface area contributed by atoms with E-state index in [-0.39, 0.29) is 11.9 Å². The van der Waals surface area contributed by atoms with Crippen LogP contribution in [0, 0.1) is 13.8 Å². The van der Waals surface area contributed by atoms with E-state index >= 15 is 0 Å². The molecular formula is C22H29NO4. The summed E-state index contributed by atoms with van der Waals surface area (Å²) in [5.74, 6) is 2.00. The minimum absolute atomic E-state index is 0.157. The van der Waals surface area contributed by atoms with Crippen molar-refractivity contribution >= 4 is 5.91 Å². The third kappa shape index (κ3) is 4.94. The molecule has 0 bridgehead atoms. The molecule has 0 aliphatic carbocycles. The summed E-state index contributed by atoms with van der Waals surface area (Å²) in [7, 11) is 3.22. The van der Waals surface area contributed by atoms with Crippen LogP contribution in [-0.4, -0.2) is 26.2 Å². The maximum atomic E-state index is 12.8. The van der Waals surface area contributed by atoms with Gasteiger partial charge in [-0.05, 0) is 62.6 Å². The first kappa shape index (κ1) is 20.6. The average molecular weight is 371 g/mol. The van der Waals surface area contributed by atoms with Gasteiger partial charge in [-0.15, -0.1) is 0 Å². The van der Waals surface area contributed by atoms with Gasteiger partial charge in [-0.25, -0.2) is 0 Å². The van der Waals surface area contributed by atoms with Gasteiger partial charge in [0.05, 0.1) is 20.3 Å². The summed E-state index contributed by atoms with van der Waals surface area (Å²) in [5.41, 5.74) is 3.04. The summed E-state index contributed by atoms with van der Waals surface area (Å²) in [6, 6.07) is 11.1. The standard InChI is InChI=1S/C22H29NO4/c1-7-19(27-20-10-8-9-14(2)15(20)3)22(24)23-16(4)18-13-17(25-5)11-12-21(18)26-6/h8-13,16,19H,7H2,1-6H3,(H,23,24)/t16-,19-/m1/s1. The Balaban J connectivity index is 2.15. The molecule has 0 radical (unpaired) electrons. The highest BCUT2D eigenvalue weighted by Crippen LogP contribution is 2.29. The molecule has 0 saturated heterocycles. The molecule has 27 heavy (non-hydrogen) atoms. The summed E-state index contributed by atoms with van der Waals surface area (Å²) < 4.78 is 16.7. The van der Waals surface area contributed by atoms with Gasteiger partial charge in [0.25, 0.3) is 5.91 Å². The normalized spacial score (nSPS) is 12.8.